The van der Waals surface area contributed by atoms with Gasteiger partial charge in [-0.15, -0.1) is 0 Å². The van der Waals surface area contributed by atoms with Crippen LogP contribution in [0.25, 0.3) is 0 Å². The maximum atomic E-state index is 8.53. The van der Waals surface area contributed by atoms with Crippen molar-refractivity contribution in [1.82, 2.24) is 0 Å². The Morgan fingerprint density at radius 3 is 2.40 bits per heavy atom. The molecule has 0 N–H and O–H groups in total. The van der Waals surface area contributed by atoms with Gasteiger partial charge in [-0.1, -0.05) is 62.9 Å². The van der Waals surface area contributed by atoms with Crippen LogP contribution in [0.5, 0.6) is 0 Å². The van der Waals surface area contributed by atoms with Crippen LogP contribution in [0.2, 0.25) is 0 Å². The van der Waals surface area contributed by atoms with Crippen LogP contribution in [0.15, 0.2) is 36.4 Å². The van der Waals surface area contributed by atoms with Crippen LogP contribution in [0.1, 0.15) is 94.6 Å². The second-order valence-electron chi connectivity index (χ2n) is 7.73. The molecule has 1 nitrogen and oxygen atoms in total. The topological polar surface area (TPSA) is 23.8 Å². The lowest BCUT2D eigenvalue weighted by Gasteiger charge is -2.28. The summed E-state index contributed by atoms with van der Waals surface area (Å²) in [4.78, 5) is 0. The SMILES string of the molecule is CCCCCCCc1ccc(C2CCC(CC/C=C/C#N)CC2)cc1. The molecule has 1 aliphatic rings. The van der Waals surface area contributed by atoms with E-state index in [0.717, 1.165) is 18.3 Å². The number of hydrogen-bond donors (Lipinski definition) is 0. The van der Waals surface area contributed by atoms with Gasteiger partial charge in [-0.3, -0.25) is 0 Å². The van der Waals surface area contributed by atoms with E-state index < -0.39 is 0 Å². The summed E-state index contributed by atoms with van der Waals surface area (Å²) < 4.78 is 0. The first-order valence-electron chi connectivity index (χ1n) is 10.5. The first kappa shape index (κ1) is 19.8. The average molecular weight is 338 g/mol. The Morgan fingerprint density at radius 2 is 1.72 bits per heavy atom. The quantitative estimate of drug-likeness (QED) is 0.324. The molecule has 0 radical (unpaired) electrons. The summed E-state index contributed by atoms with van der Waals surface area (Å²) in [5.74, 6) is 1.63. The van der Waals surface area contributed by atoms with Gasteiger partial charge >= 0.3 is 0 Å². The van der Waals surface area contributed by atoms with Crippen molar-refractivity contribution in [2.24, 2.45) is 5.92 Å². The molecular formula is C24H35N. The highest BCUT2D eigenvalue weighted by Gasteiger charge is 2.21. The molecule has 0 aliphatic heterocycles. The molecule has 0 bridgehead atoms. The Bertz CT molecular complexity index is 526. The second-order valence-corrected chi connectivity index (χ2v) is 7.73. The van der Waals surface area contributed by atoms with Crippen molar-refractivity contribution in [3.8, 4) is 6.07 Å². The number of rotatable bonds is 10. The van der Waals surface area contributed by atoms with Crippen molar-refractivity contribution >= 4 is 0 Å². The maximum absolute atomic E-state index is 8.53. The van der Waals surface area contributed by atoms with E-state index in [-0.39, 0.29) is 0 Å². The lowest BCUT2D eigenvalue weighted by Crippen LogP contribution is -2.13. The molecule has 0 spiro atoms. The molecule has 0 aromatic heterocycles. The summed E-state index contributed by atoms with van der Waals surface area (Å²) in [7, 11) is 0. The smallest absolute Gasteiger partial charge is 0.0908 e. The van der Waals surface area contributed by atoms with Gasteiger partial charge in [0, 0.05) is 6.08 Å². The fraction of sp³-hybridized carbons (Fsp3) is 0.625. The Hall–Kier alpha value is -1.55. The first-order chi connectivity index (χ1) is 12.3. The molecule has 1 aliphatic carbocycles. The van der Waals surface area contributed by atoms with E-state index in [2.05, 4.69) is 37.3 Å². The highest BCUT2D eigenvalue weighted by Crippen LogP contribution is 2.37. The third-order valence-corrected chi connectivity index (χ3v) is 5.80. The molecule has 0 heterocycles. The van der Waals surface area contributed by atoms with E-state index >= 15 is 0 Å². The van der Waals surface area contributed by atoms with E-state index in [0.29, 0.717) is 0 Å². The number of nitrogens with zero attached hydrogens (tertiary/aromatic N) is 1. The first-order valence-corrected chi connectivity index (χ1v) is 10.5. The Morgan fingerprint density at radius 1 is 1.00 bits per heavy atom. The molecule has 1 saturated carbocycles. The molecule has 1 heteroatoms. The maximum Gasteiger partial charge on any atom is 0.0908 e. The highest BCUT2D eigenvalue weighted by atomic mass is 14.3. The number of nitriles is 1. The van der Waals surface area contributed by atoms with Crippen LogP contribution < -0.4 is 0 Å². The van der Waals surface area contributed by atoms with Crippen molar-refractivity contribution in [3.05, 3.63) is 47.5 Å². The molecule has 136 valence electrons. The minimum atomic E-state index is 0.768. The zero-order valence-electron chi connectivity index (χ0n) is 16.1. The van der Waals surface area contributed by atoms with E-state index in [1.807, 2.05) is 6.08 Å². The zero-order valence-corrected chi connectivity index (χ0v) is 16.1. The molecule has 0 atom stereocenters. The van der Waals surface area contributed by atoms with E-state index in [9.17, 15) is 0 Å². The van der Waals surface area contributed by atoms with Gasteiger partial charge in [0.05, 0.1) is 6.07 Å². The van der Waals surface area contributed by atoms with Gasteiger partial charge in [-0.25, -0.2) is 0 Å². The molecule has 1 aromatic rings. The molecule has 1 aromatic carbocycles. The van der Waals surface area contributed by atoms with Gasteiger partial charge in [0.25, 0.3) is 0 Å². The minimum absolute atomic E-state index is 0.768. The van der Waals surface area contributed by atoms with Gasteiger partial charge in [0.2, 0.25) is 0 Å². The molecule has 0 amide bonds. The van der Waals surface area contributed by atoms with Gasteiger partial charge in [0.15, 0.2) is 0 Å². The van der Waals surface area contributed by atoms with E-state index in [4.69, 9.17) is 5.26 Å². The number of hydrogen-bond acceptors (Lipinski definition) is 1. The summed E-state index contributed by atoms with van der Waals surface area (Å²) in [5.41, 5.74) is 3.07. The summed E-state index contributed by atoms with van der Waals surface area (Å²) >= 11 is 0. The van der Waals surface area contributed by atoms with Gasteiger partial charge in [0.1, 0.15) is 0 Å². The standard InChI is InChI=1S/C24H35N/c1-2-3-4-5-7-10-21-12-16-23(17-13-21)24-18-14-22(15-19-24)11-8-6-9-20-25/h6,9,12-13,16-17,22,24H,2-5,7-8,10-11,14-15,18-19H2,1H3/b9-6+. The second kappa shape index (κ2) is 11.9. The third kappa shape index (κ3) is 7.47. The average Bonchev–Trinajstić information content (AvgIpc) is 2.66. The van der Waals surface area contributed by atoms with Crippen LogP contribution >= 0.6 is 0 Å². The number of allylic oxidation sites excluding steroid dienone is 2. The lowest BCUT2D eigenvalue weighted by atomic mass is 9.77. The Kier molecular flexibility index (Phi) is 9.42. The van der Waals surface area contributed by atoms with Crippen LogP contribution in [0, 0.1) is 17.2 Å². The van der Waals surface area contributed by atoms with Crippen molar-refractivity contribution in [2.45, 2.75) is 89.9 Å². The molecule has 1 fully saturated rings. The van der Waals surface area contributed by atoms with Crippen molar-refractivity contribution in [3.63, 3.8) is 0 Å². The Balaban J connectivity index is 1.69. The zero-order chi connectivity index (χ0) is 17.7. The Labute approximate surface area is 155 Å². The highest BCUT2D eigenvalue weighted by molar-refractivity contribution is 5.26. The number of unbranched alkanes of at least 4 members (excludes halogenated alkanes) is 4. The van der Waals surface area contributed by atoms with Gasteiger partial charge in [-0.2, -0.15) is 5.26 Å². The summed E-state index contributed by atoms with van der Waals surface area (Å²) in [6.07, 6.45) is 19.4. The van der Waals surface area contributed by atoms with Crippen LogP contribution in [-0.4, -0.2) is 0 Å². The normalized spacial score (nSPS) is 20.6. The molecule has 0 unspecified atom stereocenters. The third-order valence-electron chi connectivity index (χ3n) is 5.80. The van der Waals surface area contributed by atoms with Crippen molar-refractivity contribution in [1.29, 1.82) is 5.26 Å². The largest absolute Gasteiger partial charge is 0.193 e. The number of aryl methyl sites for hydroxylation is 1. The van der Waals surface area contributed by atoms with E-state index in [1.54, 1.807) is 11.6 Å². The van der Waals surface area contributed by atoms with Crippen LogP contribution in [0.3, 0.4) is 0 Å². The van der Waals surface area contributed by atoms with Crippen LogP contribution in [-0.2, 0) is 6.42 Å². The molecule has 0 saturated heterocycles. The fourth-order valence-corrected chi connectivity index (χ4v) is 4.14. The summed E-state index contributed by atoms with van der Waals surface area (Å²) in [6, 6.07) is 11.6. The number of benzene rings is 1. The predicted molar refractivity (Wildman–Crippen MR) is 108 cm³/mol. The van der Waals surface area contributed by atoms with Gasteiger partial charge < -0.3 is 0 Å². The summed E-state index contributed by atoms with van der Waals surface area (Å²) in [6.45, 7) is 2.28. The monoisotopic (exact) mass is 337 g/mol. The molecular weight excluding hydrogens is 302 g/mol. The minimum Gasteiger partial charge on any atom is -0.193 e. The van der Waals surface area contributed by atoms with Crippen molar-refractivity contribution in [2.75, 3.05) is 0 Å². The fourth-order valence-electron chi connectivity index (χ4n) is 4.14. The van der Waals surface area contributed by atoms with Crippen molar-refractivity contribution < 1.29 is 0 Å². The van der Waals surface area contributed by atoms with E-state index in [1.165, 1.54) is 76.2 Å². The van der Waals surface area contributed by atoms with Crippen LogP contribution in [0.4, 0.5) is 0 Å². The lowest BCUT2D eigenvalue weighted by molar-refractivity contribution is 0.312. The molecule has 2 rings (SSSR count). The summed E-state index contributed by atoms with van der Waals surface area (Å²) in [5, 5.41) is 8.53. The van der Waals surface area contributed by atoms with Gasteiger partial charge in [-0.05, 0) is 74.3 Å². The molecule has 25 heavy (non-hydrogen) atoms. The predicted octanol–water partition coefficient (Wildman–Crippen LogP) is 7.33.